The topological polar surface area (TPSA) is 18.5 Å². The lowest BCUT2D eigenvalue weighted by atomic mass is 9.58. The Bertz CT molecular complexity index is 257. The van der Waals surface area contributed by atoms with E-state index in [1.165, 1.54) is 38.5 Å². The predicted octanol–water partition coefficient (Wildman–Crippen LogP) is 3.37. The minimum atomic E-state index is 0.333. The molecule has 0 radical (unpaired) electrons. The van der Waals surface area contributed by atoms with Crippen molar-refractivity contribution in [2.45, 2.75) is 56.4 Å². The van der Waals surface area contributed by atoms with Crippen molar-refractivity contribution in [2.24, 2.45) is 11.3 Å². The standard InChI is InChI=1S/C14H23ClO2/c15-12-8-13(14(12)5-2-1-3-6-14)17-10-11-4-7-16-9-11/h11-13H,1-10H2. The summed E-state index contributed by atoms with van der Waals surface area (Å²) in [4.78, 5) is 0. The Hall–Kier alpha value is 0.210. The maximum Gasteiger partial charge on any atom is 0.0659 e. The Balaban J connectivity index is 1.52. The van der Waals surface area contributed by atoms with Gasteiger partial charge in [-0.05, 0) is 25.7 Å². The zero-order valence-corrected chi connectivity index (χ0v) is 11.3. The average molecular weight is 259 g/mol. The number of halogens is 1. The van der Waals surface area contributed by atoms with Crippen LogP contribution in [0, 0.1) is 11.3 Å². The van der Waals surface area contributed by atoms with Crippen molar-refractivity contribution >= 4 is 11.6 Å². The summed E-state index contributed by atoms with van der Waals surface area (Å²) in [7, 11) is 0. The van der Waals surface area contributed by atoms with Crippen LogP contribution in [0.4, 0.5) is 0 Å². The molecule has 1 aliphatic heterocycles. The smallest absolute Gasteiger partial charge is 0.0659 e. The van der Waals surface area contributed by atoms with Gasteiger partial charge in [-0.25, -0.2) is 0 Å². The van der Waals surface area contributed by atoms with E-state index in [2.05, 4.69) is 0 Å². The molecule has 3 heteroatoms. The van der Waals surface area contributed by atoms with Crippen molar-refractivity contribution in [3.63, 3.8) is 0 Å². The van der Waals surface area contributed by atoms with Crippen molar-refractivity contribution in [1.82, 2.24) is 0 Å². The molecular formula is C14H23ClO2. The molecule has 17 heavy (non-hydrogen) atoms. The SMILES string of the molecule is ClC1CC(OCC2CCOC2)C12CCCCC2. The van der Waals surface area contributed by atoms with Gasteiger partial charge >= 0.3 is 0 Å². The van der Waals surface area contributed by atoms with Crippen LogP contribution in [0.3, 0.4) is 0 Å². The van der Waals surface area contributed by atoms with Crippen LogP contribution in [-0.2, 0) is 9.47 Å². The van der Waals surface area contributed by atoms with E-state index in [4.69, 9.17) is 21.1 Å². The van der Waals surface area contributed by atoms with Crippen LogP contribution in [0.15, 0.2) is 0 Å². The molecule has 0 amide bonds. The number of hydrogen-bond donors (Lipinski definition) is 0. The van der Waals surface area contributed by atoms with Crippen LogP contribution in [0.2, 0.25) is 0 Å². The van der Waals surface area contributed by atoms with Gasteiger partial charge in [0.1, 0.15) is 0 Å². The molecule has 2 saturated carbocycles. The molecule has 2 aliphatic carbocycles. The minimum absolute atomic E-state index is 0.333. The van der Waals surface area contributed by atoms with E-state index in [-0.39, 0.29) is 0 Å². The lowest BCUT2D eigenvalue weighted by Gasteiger charge is -2.55. The first-order valence-electron chi connectivity index (χ1n) is 7.15. The molecule has 0 aromatic rings. The summed E-state index contributed by atoms with van der Waals surface area (Å²) in [6, 6.07) is 0. The van der Waals surface area contributed by atoms with Gasteiger partial charge in [-0.2, -0.15) is 0 Å². The fraction of sp³-hybridized carbons (Fsp3) is 1.00. The van der Waals surface area contributed by atoms with Gasteiger partial charge in [0, 0.05) is 23.3 Å². The molecule has 3 rings (SSSR count). The maximum atomic E-state index is 6.47. The Kier molecular flexibility index (Phi) is 3.65. The summed E-state index contributed by atoms with van der Waals surface area (Å²) in [5.74, 6) is 0.630. The van der Waals surface area contributed by atoms with E-state index in [0.717, 1.165) is 26.2 Å². The fourth-order valence-electron chi connectivity index (χ4n) is 3.74. The van der Waals surface area contributed by atoms with E-state index in [1.807, 2.05) is 0 Å². The summed E-state index contributed by atoms with van der Waals surface area (Å²) in [5.41, 5.74) is 0.333. The molecule has 0 N–H and O–H groups in total. The van der Waals surface area contributed by atoms with Crippen molar-refractivity contribution in [3.05, 3.63) is 0 Å². The summed E-state index contributed by atoms with van der Waals surface area (Å²) in [6.07, 6.45) is 9.31. The number of rotatable bonds is 3. The summed E-state index contributed by atoms with van der Waals surface area (Å²) < 4.78 is 11.6. The van der Waals surface area contributed by atoms with Gasteiger partial charge in [0.2, 0.25) is 0 Å². The van der Waals surface area contributed by atoms with Crippen molar-refractivity contribution < 1.29 is 9.47 Å². The van der Waals surface area contributed by atoms with Crippen LogP contribution in [0.1, 0.15) is 44.9 Å². The molecule has 0 aromatic carbocycles. The van der Waals surface area contributed by atoms with E-state index in [1.54, 1.807) is 0 Å². The van der Waals surface area contributed by atoms with Gasteiger partial charge in [0.15, 0.2) is 0 Å². The van der Waals surface area contributed by atoms with Crippen molar-refractivity contribution in [1.29, 1.82) is 0 Å². The Morgan fingerprint density at radius 1 is 1.24 bits per heavy atom. The van der Waals surface area contributed by atoms with E-state index in [0.29, 0.717) is 22.8 Å². The van der Waals surface area contributed by atoms with Gasteiger partial charge in [0.25, 0.3) is 0 Å². The normalized spacial score (nSPS) is 40.4. The van der Waals surface area contributed by atoms with Crippen LogP contribution < -0.4 is 0 Å². The first kappa shape index (κ1) is 12.3. The third-order valence-electron chi connectivity index (χ3n) is 5.03. The van der Waals surface area contributed by atoms with Gasteiger partial charge in [0.05, 0.1) is 19.3 Å². The summed E-state index contributed by atoms with van der Waals surface area (Å²) >= 11 is 6.47. The highest BCUT2D eigenvalue weighted by Gasteiger charge is 2.55. The van der Waals surface area contributed by atoms with E-state index in [9.17, 15) is 0 Å². The largest absolute Gasteiger partial charge is 0.381 e. The Morgan fingerprint density at radius 2 is 2.06 bits per heavy atom. The average Bonchev–Trinajstić information content (AvgIpc) is 2.88. The zero-order chi connectivity index (χ0) is 11.7. The van der Waals surface area contributed by atoms with Crippen molar-refractivity contribution in [2.75, 3.05) is 19.8 Å². The van der Waals surface area contributed by atoms with E-state index < -0.39 is 0 Å². The fourth-order valence-corrected chi connectivity index (χ4v) is 4.27. The molecule has 1 saturated heterocycles. The number of alkyl halides is 1. The molecule has 1 heterocycles. The molecule has 3 unspecified atom stereocenters. The first-order valence-corrected chi connectivity index (χ1v) is 7.58. The summed E-state index contributed by atoms with van der Waals surface area (Å²) in [5, 5.41) is 0.368. The highest BCUT2D eigenvalue weighted by Crippen LogP contribution is 2.55. The Morgan fingerprint density at radius 3 is 2.71 bits per heavy atom. The molecular weight excluding hydrogens is 236 g/mol. The third kappa shape index (κ3) is 2.24. The summed E-state index contributed by atoms with van der Waals surface area (Å²) in [6.45, 7) is 2.70. The van der Waals surface area contributed by atoms with Gasteiger partial charge in [-0.15, -0.1) is 11.6 Å². The van der Waals surface area contributed by atoms with Crippen LogP contribution in [0.25, 0.3) is 0 Å². The lowest BCUT2D eigenvalue weighted by molar-refractivity contribution is -0.131. The van der Waals surface area contributed by atoms with Crippen LogP contribution in [-0.4, -0.2) is 31.3 Å². The first-order chi connectivity index (χ1) is 8.31. The highest BCUT2D eigenvalue weighted by molar-refractivity contribution is 6.21. The molecule has 0 aromatic heterocycles. The van der Waals surface area contributed by atoms with Crippen molar-refractivity contribution in [3.8, 4) is 0 Å². The molecule has 3 aliphatic rings. The number of hydrogen-bond acceptors (Lipinski definition) is 2. The van der Waals surface area contributed by atoms with Gasteiger partial charge in [-0.3, -0.25) is 0 Å². The highest BCUT2D eigenvalue weighted by atomic mass is 35.5. The molecule has 3 atom stereocenters. The van der Waals surface area contributed by atoms with Gasteiger partial charge in [-0.1, -0.05) is 19.3 Å². The zero-order valence-electron chi connectivity index (χ0n) is 10.5. The predicted molar refractivity (Wildman–Crippen MR) is 68.4 cm³/mol. The second-order valence-electron chi connectivity index (χ2n) is 6.05. The van der Waals surface area contributed by atoms with E-state index >= 15 is 0 Å². The Labute approximate surface area is 109 Å². The van der Waals surface area contributed by atoms with Crippen LogP contribution >= 0.6 is 11.6 Å². The quantitative estimate of drug-likeness (QED) is 0.723. The van der Waals surface area contributed by atoms with Gasteiger partial charge < -0.3 is 9.47 Å². The molecule has 1 spiro atoms. The lowest BCUT2D eigenvalue weighted by Crippen LogP contribution is -2.57. The second-order valence-corrected chi connectivity index (χ2v) is 6.58. The second kappa shape index (κ2) is 5.07. The molecule has 98 valence electrons. The number of ether oxygens (including phenoxy) is 2. The molecule has 2 nitrogen and oxygen atoms in total. The third-order valence-corrected chi connectivity index (χ3v) is 5.64. The molecule has 0 bridgehead atoms. The maximum absolute atomic E-state index is 6.47. The minimum Gasteiger partial charge on any atom is -0.381 e. The molecule has 3 fully saturated rings. The van der Waals surface area contributed by atoms with Crippen LogP contribution in [0.5, 0.6) is 0 Å². The monoisotopic (exact) mass is 258 g/mol.